The molecule has 0 spiro atoms. The van der Waals surface area contributed by atoms with E-state index in [4.69, 9.17) is 0 Å². The highest BCUT2D eigenvalue weighted by Gasteiger charge is 2.13. The van der Waals surface area contributed by atoms with Gasteiger partial charge in [0.15, 0.2) is 9.84 Å². The van der Waals surface area contributed by atoms with Crippen molar-refractivity contribution in [3.05, 3.63) is 48.0 Å². The van der Waals surface area contributed by atoms with Crippen LogP contribution in [0.15, 0.2) is 47.4 Å². The number of benzene rings is 2. The Morgan fingerprint density at radius 2 is 1.84 bits per heavy atom. The van der Waals surface area contributed by atoms with Crippen molar-refractivity contribution in [1.82, 2.24) is 5.32 Å². The molecule has 2 aromatic rings. The van der Waals surface area contributed by atoms with Crippen molar-refractivity contribution in [2.24, 2.45) is 0 Å². The van der Waals surface area contributed by atoms with Crippen LogP contribution in [0.2, 0.25) is 0 Å². The fraction of sp³-hybridized carbons (Fsp3) is 0.400. The zero-order chi connectivity index (χ0) is 17.9. The number of hydrogen-bond acceptors (Lipinski definition) is 4. The van der Waals surface area contributed by atoms with E-state index in [1.807, 2.05) is 6.07 Å². The standard InChI is InChI=1S/C20H25NO3S/c1-25(23,24)20-9-6-16(7-10-20)17-12-15(13-19(22)14-17)5-8-18-4-2-3-11-21-18/h6-7,9-10,12-14,18,21-22H,2-5,8,11H2,1H3/t18-/m1/s1. The average molecular weight is 359 g/mol. The third-order valence-corrected chi connectivity index (χ3v) is 5.92. The lowest BCUT2D eigenvalue weighted by atomic mass is 9.96. The largest absolute Gasteiger partial charge is 0.508 e. The Balaban J connectivity index is 1.76. The lowest BCUT2D eigenvalue weighted by Gasteiger charge is -2.23. The molecule has 1 heterocycles. The third-order valence-electron chi connectivity index (χ3n) is 4.79. The Hall–Kier alpha value is -1.85. The first kappa shape index (κ1) is 18.0. The van der Waals surface area contributed by atoms with Crippen LogP contribution in [-0.4, -0.2) is 32.4 Å². The smallest absolute Gasteiger partial charge is 0.175 e. The van der Waals surface area contributed by atoms with Crippen molar-refractivity contribution >= 4 is 9.84 Å². The molecule has 134 valence electrons. The second-order valence-electron chi connectivity index (χ2n) is 6.87. The van der Waals surface area contributed by atoms with Gasteiger partial charge in [0.05, 0.1) is 4.90 Å². The molecule has 1 atom stereocenters. The predicted octanol–water partition coefficient (Wildman–Crippen LogP) is 3.54. The number of rotatable bonds is 5. The molecule has 0 unspecified atom stereocenters. The summed E-state index contributed by atoms with van der Waals surface area (Å²) >= 11 is 0. The molecule has 4 nitrogen and oxygen atoms in total. The molecule has 2 N–H and O–H groups in total. The normalized spacial score (nSPS) is 18.2. The van der Waals surface area contributed by atoms with Crippen molar-refractivity contribution in [1.29, 1.82) is 0 Å². The van der Waals surface area contributed by atoms with Crippen LogP contribution in [0.1, 0.15) is 31.2 Å². The van der Waals surface area contributed by atoms with Gasteiger partial charge in [-0.25, -0.2) is 8.42 Å². The second-order valence-corrected chi connectivity index (χ2v) is 8.89. The quantitative estimate of drug-likeness (QED) is 0.857. The predicted molar refractivity (Wildman–Crippen MR) is 101 cm³/mol. The first-order valence-electron chi connectivity index (χ1n) is 8.79. The fourth-order valence-corrected chi connectivity index (χ4v) is 4.02. The van der Waals surface area contributed by atoms with Crippen LogP contribution in [0.3, 0.4) is 0 Å². The first-order valence-corrected chi connectivity index (χ1v) is 10.7. The molecule has 5 heteroatoms. The highest BCUT2D eigenvalue weighted by atomic mass is 32.2. The molecule has 0 aromatic heterocycles. The highest BCUT2D eigenvalue weighted by molar-refractivity contribution is 7.90. The van der Waals surface area contributed by atoms with E-state index in [1.165, 1.54) is 25.5 Å². The molecule has 2 aromatic carbocycles. The maximum atomic E-state index is 11.6. The maximum absolute atomic E-state index is 11.6. The number of phenolic OH excluding ortho intramolecular Hbond substituents is 1. The number of aryl methyl sites for hydroxylation is 1. The molecule has 1 fully saturated rings. The van der Waals surface area contributed by atoms with E-state index < -0.39 is 9.84 Å². The monoisotopic (exact) mass is 359 g/mol. The molecule has 0 amide bonds. The molecular formula is C20H25NO3S. The number of piperidine rings is 1. The third kappa shape index (κ3) is 4.83. The summed E-state index contributed by atoms with van der Waals surface area (Å²) in [5.41, 5.74) is 2.92. The van der Waals surface area contributed by atoms with Crippen molar-refractivity contribution in [2.45, 2.75) is 43.0 Å². The Morgan fingerprint density at radius 3 is 2.48 bits per heavy atom. The SMILES string of the molecule is CS(=O)(=O)c1ccc(-c2cc(O)cc(CC[C@H]3CCCCN3)c2)cc1. The number of phenols is 1. The first-order chi connectivity index (χ1) is 11.9. The molecule has 1 aliphatic heterocycles. The average Bonchev–Trinajstić information content (AvgIpc) is 2.60. The van der Waals surface area contributed by atoms with Crippen LogP contribution < -0.4 is 5.32 Å². The molecule has 25 heavy (non-hydrogen) atoms. The van der Waals surface area contributed by atoms with Crippen LogP contribution in [0.5, 0.6) is 5.75 Å². The lowest BCUT2D eigenvalue weighted by Crippen LogP contribution is -2.34. The second kappa shape index (κ2) is 7.58. The highest BCUT2D eigenvalue weighted by Crippen LogP contribution is 2.27. The fourth-order valence-electron chi connectivity index (χ4n) is 3.39. The summed E-state index contributed by atoms with van der Waals surface area (Å²) in [6.45, 7) is 1.10. The van der Waals surface area contributed by atoms with E-state index in [2.05, 4.69) is 11.4 Å². The summed E-state index contributed by atoms with van der Waals surface area (Å²) in [5.74, 6) is 0.247. The van der Waals surface area contributed by atoms with Gasteiger partial charge in [-0.1, -0.05) is 24.6 Å². The molecule has 1 saturated heterocycles. The summed E-state index contributed by atoms with van der Waals surface area (Å²) in [6.07, 6.45) is 6.95. The summed E-state index contributed by atoms with van der Waals surface area (Å²) < 4.78 is 23.2. The summed E-state index contributed by atoms with van der Waals surface area (Å²) in [7, 11) is -3.20. The minimum absolute atomic E-state index is 0.247. The number of sulfone groups is 1. The van der Waals surface area contributed by atoms with Crippen LogP contribution in [-0.2, 0) is 16.3 Å². The molecular weight excluding hydrogens is 334 g/mol. The number of nitrogens with one attached hydrogen (secondary N) is 1. The van der Waals surface area contributed by atoms with Gasteiger partial charge in [-0.3, -0.25) is 0 Å². The molecule has 1 aliphatic rings. The van der Waals surface area contributed by atoms with Crippen LogP contribution >= 0.6 is 0 Å². The molecule has 0 bridgehead atoms. The number of aromatic hydroxyl groups is 1. The van der Waals surface area contributed by atoms with Gasteiger partial charge >= 0.3 is 0 Å². The van der Waals surface area contributed by atoms with Gasteiger partial charge in [0.25, 0.3) is 0 Å². The Labute approximate surface area is 149 Å². The van der Waals surface area contributed by atoms with Gasteiger partial charge in [-0.15, -0.1) is 0 Å². The molecule has 0 radical (unpaired) electrons. The van der Waals surface area contributed by atoms with Crippen LogP contribution in [0.25, 0.3) is 11.1 Å². The zero-order valence-corrected chi connectivity index (χ0v) is 15.3. The molecule has 0 aliphatic carbocycles. The van der Waals surface area contributed by atoms with Crippen LogP contribution in [0, 0.1) is 0 Å². The van der Waals surface area contributed by atoms with E-state index in [9.17, 15) is 13.5 Å². The summed E-state index contributed by atoms with van der Waals surface area (Å²) in [5, 5.41) is 13.6. The molecule has 0 saturated carbocycles. The Kier molecular flexibility index (Phi) is 5.45. The van der Waals surface area contributed by atoms with Gasteiger partial charge in [0, 0.05) is 12.3 Å². The van der Waals surface area contributed by atoms with Crippen molar-refractivity contribution in [3.63, 3.8) is 0 Å². The minimum Gasteiger partial charge on any atom is -0.508 e. The Morgan fingerprint density at radius 1 is 1.08 bits per heavy atom. The molecule has 3 rings (SSSR count). The van der Waals surface area contributed by atoms with Gasteiger partial charge in [0.2, 0.25) is 0 Å². The van der Waals surface area contributed by atoms with Gasteiger partial charge in [-0.2, -0.15) is 0 Å². The van der Waals surface area contributed by atoms with Gasteiger partial charge in [0.1, 0.15) is 5.75 Å². The van der Waals surface area contributed by atoms with E-state index in [0.29, 0.717) is 10.9 Å². The lowest BCUT2D eigenvalue weighted by molar-refractivity contribution is 0.382. The van der Waals surface area contributed by atoms with Crippen molar-refractivity contribution < 1.29 is 13.5 Å². The summed E-state index contributed by atoms with van der Waals surface area (Å²) in [4.78, 5) is 0.306. The van der Waals surface area contributed by atoms with E-state index in [-0.39, 0.29) is 5.75 Å². The van der Waals surface area contributed by atoms with Crippen LogP contribution in [0.4, 0.5) is 0 Å². The Bertz CT molecular complexity index is 823. The number of hydrogen-bond donors (Lipinski definition) is 2. The summed E-state index contributed by atoms with van der Waals surface area (Å²) in [6, 6.07) is 13.0. The van der Waals surface area contributed by atoms with E-state index >= 15 is 0 Å². The van der Waals surface area contributed by atoms with E-state index in [0.717, 1.165) is 36.1 Å². The van der Waals surface area contributed by atoms with Gasteiger partial charge < -0.3 is 10.4 Å². The van der Waals surface area contributed by atoms with E-state index in [1.54, 1.807) is 30.3 Å². The minimum atomic E-state index is -3.20. The topological polar surface area (TPSA) is 66.4 Å². The van der Waals surface area contributed by atoms with Gasteiger partial charge in [-0.05, 0) is 73.2 Å². The van der Waals surface area contributed by atoms with Crippen molar-refractivity contribution in [2.75, 3.05) is 12.8 Å². The zero-order valence-electron chi connectivity index (χ0n) is 14.5. The van der Waals surface area contributed by atoms with Crippen molar-refractivity contribution in [3.8, 4) is 16.9 Å². The maximum Gasteiger partial charge on any atom is 0.175 e.